The van der Waals surface area contributed by atoms with Crippen molar-refractivity contribution >= 4 is 28.6 Å². The maximum atomic E-state index is 16.5. The van der Waals surface area contributed by atoms with E-state index in [0.717, 1.165) is 12.6 Å². The van der Waals surface area contributed by atoms with Crippen LogP contribution in [0, 0.1) is 24.6 Å². The molecule has 0 unspecified atom stereocenters. The zero-order valence-corrected chi connectivity index (χ0v) is 25.0. The smallest absolute Gasteiger partial charge is 0.379 e. The number of imidazole rings is 1. The summed E-state index contributed by atoms with van der Waals surface area (Å²) in [6.45, 7) is 2.38. The molecule has 4 heterocycles. The number of anilines is 3. The summed E-state index contributed by atoms with van der Waals surface area (Å²) >= 11 is 0. The van der Waals surface area contributed by atoms with Gasteiger partial charge in [-0.15, -0.1) is 0 Å². The number of nitrogens with one attached hydrogen (secondary N) is 2. The fourth-order valence-corrected chi connectivity index (χ4v) is 5.45. The van der Waals surface area contributed by atoms with E-state index in [0.29, 0.717) is 43.3 Å². The number of ether oxygens (including phenoxy) is 1. The number of hydrogen-bond donors (Lipinski definition) is 2. The van der Waals surface area contributed by atoms with Gasteiger partial charge in [-0.25, -0.2) is 9.37 Å². The van der Waals surface area contributed by atoms with Gasteiger partial charge in [-0.3, -0.25) is 18.8 Å². The predicted molar refractivity (Wildman–Crippen MR) is 164 cm³/mol. The summed E-state index contributed by atoms with van der Waals surface area (Å²) in [5.41, 5.74) is -0.425. The number of fused-ring (bicyclic) bond motifs is 1. The molecule has 5 aromatic rings. The first-order valence-corrected chi connectivity index (χ1v) is 14.4. The fourth-order valence-electron chi connectivity index (χ4n) is 5.45. The highest BCUT2D eigenvalue weighted by molar-refractivity contribution is 6.05. The Bertz CT molecular complexity index is 1970. The number of aryl methyl sites for hydroxylation is 1. The third-order valence-electron chi connectivity index (χ3n) is 7.67. The maximum Gasteiger partial charge on any atom is 0.417 e. The van der Waals surface area contributed by atoms with Gasteiger partial charge in [-0.2, -0.15) is 18.3 Å². The first-order chi connectivity index (χ1) is 22.1. The SMILES string of the molecule is Cc1c(NC(=O)c2ccccc2)c(F)c(C#Cc2cnc3c(Nc4cnn(C)c4)cccn23)c(CN2CCOCC2)c1C(F)(F)F. The monoisotopic (exact) mass is 631 g/mol. The lowest BCUT2D eigenvalue weighted by molar-refractivity contribution is -0.139. The second-order valence-corrected chi connectivity index (χ2v) is 10.8. The van der Waals surface area contributed by atoms with Gasteiger partial charge in [-0.1, -0.05) is 24.1 Å². The Hall–Kier alpha value is -5.19. The summed E-state index contributed by atoms with van der Waals surface area (Å²) in [6, 6.07) is 11.4. The molecular formula is C33H29F4N7O2. The van der Waals surface area contributed by atoms with Crippen LogP contribution in [0.25, 0.3) is 5.65 Å². The highest BCUT2D eigenvalue weighted by Crippen LogP contribution is 2.41. The minimum Gasteiger partial charge on any atom is -0.379 e. The number of hydrogen-bond acceptors (Lipinski definition) is 6. The van der Waals surface area contributed by atoms with E-state index in [1.165, 1.54) is 18.3 Å². The molecule has 1 aliphatic heterocycles. The van der Waals surface area contributed by atoms with E-state index in [-0.39, 0.29) is 17.7 Å². The Morgan fingerprint density at radius 2 is 1.83 bits per heavy atom. The van der Waals surface area contributed by atoms with Gasteiger partial charge in [0.15, 0.2) is 11.5 Å². The van der Waals surface area contributed by atoms with Crippen LogP contribution in [-0.2, 0) is 24.5 Å². The van der Waals surface area contributed by atoms with E-state index in [9.17, 15) is 18.0 Å². The van der Waals surface area contributed by atoms with Gasteiger partial charge in [0.2, 0.25) is 0 Å². The van der Waals surface area contributed by atoms with Crippen molar-refractivity contribution in [3.8, 4) is 11.8 Å². The second kappa shape index (κ2) is 12.7. The van der Waals surface area contributed by atoms with Crippen LogP contribution >= 0.6 is 0 Å². The molecule has 0 radical (unpaired) electrons. The minimum atomic E-state index is -4.86. The predicted octanol–water partition coefficient (Wildman–Crippen LogP) is 5.76. The van der Waals surface area contributed by atoms with Crippen molar-refractivity contribution in [2.24, 2.45) is 7.05 Å². The molecule has 0 bridgehead atoms. The van der Waals surface area contributed by atoms with Crippen molar-refractivity contribution in [3.05, 3.63) is 107 Å². The van der Waals surface area contributed by atoms with Gasteiger partial charge in [0.05, 0.1) is 53.8 Å². The average molecular weight is 632 g/mol. The van der Waals surface area contributed by atoms with Crippen LogP contribution in [-0.4, -0.2) is 56.3 Å². The van der Waals surface area contributed by atoms with E-state index in [1.807, 2.05) is 6.07 Å². The third-order valence-corrected chi connectivity index (χ3v) is 7.67. The largest absolute Gasteiger partial charge is 0.417 e. The van der Waals surface area contributed by atoms with E-state index >= 15 is 4.39 Å². The molecular weight excluding hydrogens is 602 g/mol. The summed E-state index contributed by atoms with van der Waals surface area (Å²) in [5.74, 6) is 3.77. The normalized spacial score (nSPS) is 13.8. The number of morpholine rings is 1. The number of nitrogens with zero attached hydrogens (tertiary/aromatic N) is 5. The Kier molecular flexibility index (Phi) is 8.48. The molecule has 1 aliphatic rings. The zero-order chi connectivity index (χ0) is 32.4. The van der Waals surface area contributed by atoms with E-state index < -0.39 is 40.3 Å². The number of benzene rings is 2. The number of pyridine rings is 1. The summed E-state index contributed by atoms with van der Waals surface area (Å²) < 4.78 is 69.6. The quantitative estimate of drug-likeness (QED) is 0.183. The van der Waals surface area contributed by atoms with Gasteiger partial charge in [-0.05, 0) is 48.2 Å². The number of carbonyl (C=O) groups excluding carboxylic acids is 1. The molecule has 46 heavy (non-hydrogen) atoms. The first-order valence-electron chi connectivity index (χ1n) is 14.4. The number of carbonyl (C=O) groups is 1. The molecule has 1 amide bonds. The third kappa shape index (κ3) is 6.30. The average Bonchev–Trinajstić information content (AvgIpc) is 3.65. The number of amides is 1. The lowest BCUT2D eigenvalue weighted by Gasteiger charge is -2.29. The molecule has 0 saturated carbocycles. The van der Waals surface area contributed by atoms with Crippen LogP contribution in [0.5, 0.6) is 0 Å². The number of halogens is 4. The maximum absolute atomic E-state index is 16.5. The molecule has 9 nitrogen and oxygen atoms in total. The number of aromatic nitrogens is 4. The van der Waals surface area contributed by atoms with Gasteiger partial charge >= 0.3 is 6.18 Å². The second-order valence-electron chi connectivity index (χ2n) is 10.8. The van der Waals surface area contributed by atoms with Gasteiger partial charge < -0.3 is 15.4 Å². The van der Waals surface area contributed by atoms with Crippen LogP contribution in [0.2, 0.25) is 0 Å². The zero-order valence-electron chi connectivity index (χ0n) is 25.0. The summed E-state index contributed by atoms with van der Waals surface area (Å²) in [6.07, 6.45) is 1.74. The minimum absolute atomic E-state index is 0.168. The molecule has 13 heteroatoms. The fraction of sp³-hybridized carbons (Fsp3) is 0.242. The molecule has 0 atom stereocenters. The molecule has 0 spiro atoms. The van der Waals surface area contributed by atoms with Crippen molar-refractivity contribution in [1.29, 1.82) is 0 Å². The summed E-state index contributed by atoms with van der Waals surface area (Å²) in [7, 11) is 1.79. The molecule has 6 rings (SSSR count). The number of rotatable bonds is 6. The van der Waals surface area contributed by atoms with Gasteiger partial charge in [0.1, 0.15) is 5.69 Å². The van der Waals surface area contributed by atoms with Gasteiger partial charge in [0, 0.05) is 44.6 Å². The van der Waals surface area contributed by atoms with Crippen molar-refractivity contribution in [2.45, 2.75) is 19.6 Å². The lowest BCUT2D eigenvalue weighted by Crippen LogP contribution is -2.36. The van der Waals surface area contributed by atoms with E-state index in [1.54, 1.807) is 63.9 Å². The molecule has 1 fully saturated rings. The molecule has 236 valence electrons. The number of alkyl halides is 3. The Morgan fingerprint density at radius 1 is 1.07 bits per heavy atom. The lowest BCUT2D eigenvalue weighted by atomic mass is 9.92. The van der Waals surface area contributed by atoms with Crippen LogP contribution in [0.1, 0.15) is 38.3 Å². The summed E-state index contributed by atoms with van der Waals surface area (Å²) in [4.78, 5) is 19.2. The van der Waals surface area contributed by atoms with Crippen molar-refractivity contribution in [2.75, 3.05) is 36.9 Å². The van der Waals surface area contributed by atoms with Crippen LogP contribution in [0.15, 0.2) is 67.3 Å². The van der Waals surface area contributed by atoms with Crippen molar-refractivity contribution in [1.82, 2.24) is 24.1 Å². The Labute approximate surface area is 261 Å². The van der Waals surface area contributed by atoms with Crippen LogP contribution in [0.4, 0.5) is 34.6 Å². The molecule has 3 aromatic heterocycles. The highest BCUT2D eigenvalue weighted by atomic mass is 19.4. The first kappa shape index (κ1) is 30.8. The van der Waals surface area contributed by atoms with E-state index in [4.69, 9.17) is 4.74 Å². The Balaban J connectivity index is 1.48. The van der Waals surface area contributed by atoms with E-state index in [2.05, 4.69) is 32.6 Å². The van der Waals surface area contributed by atoms with Crippen molar-refractivity contribution in [3.63, 3.8) is 0 Å². The van der Waals surface area contributed by atoms with Crippen LogP contribution in [0.3, 0.4) is 0 Å². The molecule has 2 aromatic carbocycles. The van der Waals surface area contributed by atoms with Crippen molar-refractivity contribution < 1.29 is 27.1 Å². The Morgan fingerprint density at radius 3 is 2.52 bits per heavy atom. The van der Waals surface area contributed by atoms with Gasteiger partial charge in [0.25, 0.3) is 5.91 Å². The molecule has 2 N–H and O–H groups in total. The standard InChI is InChI=1S/C33H29F4N7O2/c1-21-28(33(35,36)37)26(20-43-13-15-46-16-14-43)25(29(34)30(21)41-32(45)22-7-4-3-5-8-22)11-10-24-18-38-31-27(9-6-12-44(24)31)40-23-17-39-42(2)19-23/h3-9,12,17-19,40H,13-16,20H2,1-2H3,(H,41,45). The molecule has 0 aliphatic carbocycles. The summed E-state index contributed by atoms with van der Waals surface area (Å²) in [5, 5.41) is 9.76. The molecule has 1 saturated heterocycles. The van der Waals surface area contributed by atoms with Crippen LogP contribution < -0.4 is 10.6 Å². The topological polar surface area (TPSA) is 88.7 Å². The highest BCUT2D eigenvalue weighted by Gasteiger charge is 2.39.